The van der Waals surface area contributed by atoms with E-state index in [0.29, 0.717) is 35.1 Å². The molecule has 12 amide bonds. The van der Waals surface area contributed by atoms with Crippen LogP contribution in [0, 0.1) is 35.5 Å². The first-order valence-electron chi connectivity index (χ1n) is 36.1. The van der Waals surface area contributed by atoms with Crippen molar-refractivity contribution in [2.45, 2.75) is 214 Å². The maximum atomic E-state index is 15.0. The molecule has 574 valence electrons. The van der Waals surface area contributed by atoms with E-state index in [1.54, 1.807) is 153 Å². The third-order valence-electron chi connectivity index (χ3n) is 17.8. The summed E-state index contributed by atoms with van der Waals surface area (Å²) < 4.78 is 0. The summed E-state index contributed by atoms with van der Waals surface area (Å²) in [5.74, 6) is -13.5. The number of carboxylic acids is 1. The first kappa shape index (κ1) is 87.2. The zero-order valence-corrected chi connectivity index (χ0v) is 62.4. The minimum atomic E-state index is -1.73. The number of aromatic hydroxyl groups is 1. The van der Waals surface area contributed by atoms with Gasteiger partial charge in [0.05, 0.1) is 19.0 Å². The normalized spacial score (nSPS) is 15.0. The predicted octanol–water partition coefficient (Wildman–Crippen LogP) is 2.80. The number of carbonyl (C=O) groups excluding carboxylic acids is 12. The Balaban J connectivity index is 1.64. The molecule has 105 heavy (non-hydrogen) atoms. The minimum absolute atomic E-state index is 0.0161. The van der Waals surface area contributed by atoms with Crippen LogP contribution in [0.5, 0.6) is 5.75 Å². The summed E-state index contributed by atoms with van der Waals surface area (Å²) >= 11 is 0. The number of carboxylic acid groups (broad SMARTS) is 1. The molecule has 4 rings (SSSR count). The quantitative estimate of drug-likeness (QED) is 0.0303. The average Bonchev–Trinajstić information content (AvgIpc) is 0.862. The maximum absolute atomic E-state index is 15.0. The summed E-state index contributed by atoms with van der Waals surface area (Å²) in [7, 11) is 0. The molecule has 0 aliphatic rings. The van der Waals surface area contributed by atoms with E-state index in [2.05, 4.69) is 58.5 Å². The number of primary amides is 1. The lowest BCUT2D eigenvalue weighted by Gasteiger charge is -2.30. The second-order valence-corrected chi connectivity index (χ2v) is 28.6. The highest BCUT2D eigenvalue weighted by Gasteiger charge is 2.39. The van der Waals surface area contributed by atoms with E-state index in [0.717, 1.165) is 0 Å². The van der Waals surface area contributed by atoms with Gasteiger partial charge >= 0.3 is 5.97 Å². The summed E-state index contributed by atoms with van der Waals surface area (Å²) in [4.78, 5) is 182. The SMILES string of the molecule is CC[C@H](C)[C@H](N)C(=O)NCC(=O)N[C@H](C(=O)N[C@@H](CC(N)=O)C(=O)N[C@@H](Cc1ccc(O)cc1)C(=O)N[C@@H](CC(C)C)C(=O)N[C@@H](CC(C)C)C(=O)N[C@@H](CC(C)C)C(=O)N[C@@H](Cc1ccccc1)C(=O)N[C@@H](Cc1ccccc1)C(=O)N[C@H](C(=O)N[C@@H](Cc1ccccc1)C(=O)O)[C@@H](C)CC)C(C)C. The van der Waals surface area contributed by atoms with Crippen molar-refractivity contribution >= 4 is 76.9 Å². The third-order valence-corrected chi connectivity index (χ3v) is 17.8. The van der Waals surface area contributed by atoms with Gasteiger partial charge in [0, 0.05) is 25.7 Å². The molecule has 28 nitrogen and oxygen atoms in total. The van der Waals surface area contributed by atoms with Gasteiger partial charge < -0.3 is 80.2 Å². The third kappa shape index (κ3) is 30.5. The highest BCUT2D eigenvalue weighted by atomic mass is 16.4. The topological polar surface area (TPSA) is 447 Å². The number of nitrogens with one attached hydrogen (secondary N) is 11. The average molecular weight is 1460 g/mol. The highest BCUT2D eigenvalue weighted by molar-refractivity contribution is 6.00. The molecule has 4 aromatic carbocycles. The Labute approximate surface area is 615 Å². The fourth-order valence-corrected chi connectivity index (χ4v) is 11.4. The molecule has 13 atom stereocenters. The molecule has 0 aliphatic heterocycles. The van der Waals surface area contributed by atoms with E-state index in [4.69, 9.17) is 11.5 Å². The van der Waals surface area contributed by atoms with E-state index in [9.17, 15) is 72.5 Å². The predicted molar refractivity (Wildman–Crippen MR) is 396 cm³/mol. The van der Waals surface area contributed by atoms with Gasteiger partial charge in [-0.15, -0.1) is 0 Å². The van der Waals surface area contributed by atoms with Crippen molar-refractivity contribution in [3.8, 4) is 5.75 Å². The molecular weight excluding hydrogens is 1350 g/mol. The lowest BCUT2D eigenvalue weighted by Crippen LogP contribution is -2.62. The Kier molecular flexibility index (Phi) is 36.3. The van der Waals surface area contributed by atoms with Gasteiger partial charge in [0.1, 0.15) is 66.2 Å². The van der Waals surface area contributed by atoms with Crippen LogP contribution in [0.25, 0.3) is 0 Å². The van der Waals surface area contributed by atoms with Crippen LogP contribution in [-0.4, -0.2) is 160 Å². The zero-order valence-electron chi connectivity index (χ0n) is 62.4. The molecule has 0 heterocycles. The summed E-state index contributed by atoms with van der Waals surface area (Å²) in [6.45, 7) is 20.6. The van der Waals surface area contributed by atoms with Crippen LogP contribution in [-0.2, 0) is 88.0 Å². The van der Waals surface area contributed by atoms with Crippen molar-refractivity contribution in [1.29, 1.82) is 0 Å². The fraction of sp³-hybridized carbons (Fsp3) is 0.519. The number of nitrogens with two attached hydrogens (primary N) is 2. The molecule has 0 aliphatic carbocycles. The van der Waals surface area contributed by atoms with Crippen LogP contribution in [0.15, 0.2) is 115 Å². The number of phenols is 1. The number of hydrogen-bond donors (Lipinski definition) is 15. The maximum Gasteiger partial charge on any atom is 0.326 e. The van der Waals surface area contributed by atoms with Crippen LogP contribution in [0.4, 0.5) is 0 Å². The number of rotatable bonds is 44. The Morgan fingerprint density at radius 1 is 0.362 bits per heavy atom. The van der Waals surface area contributed by atoms with Crippen molar-refractivity contribution < 1.29 is 72.5 Å². The Hall–Kier alpha value is -10.3. The number of benzene rings is 4. The van der Waals surface area contributed by atoms with E-state index in [1.165, 1.54) is 24.3 Å². The van der Waals surface area contributed by atoms with Gasteiger partial charge in [-0.1, -0.05) is 199 Å². The van der Waals surface area contributed by atoms with Crippen molar-refractivity contribution in [2.75, 3.05) is 6.54 Å². The summed E-state index contributed by atoms with van der Waals surface area (Å²) in [6, 6.07) is 16.9. The fourth-order valence-electron chi connectivity index (χ4n) is 11.4. The summed E-state index contributed by atoms with van der Waals surface area (Å²) in [5.41, 5.74) is 13.9. The van der Waals surface area contributed by atoms with Gasteiger partial charge in [-0.2, -0.15) is 0 Å². The van der Waals surface area contributed by atoms with Gasteiger partial charge in [0.25, 0.3) is 0 Å². The molecule has 4 aromatic rings. The molecule has 17 N–H and O–H groups in total. The highest BCUT2D eigenvalue weighted by Crippen LogP contribution is 2.18. The molecule has 0 saturated heterocycles. The number of phenolic OH excluding ortho intramolecular Hbond substituents is 1. The molecule has 0 bridgehead atoms. The number of aliphatic carboxylic acids is 1. The van der Waals surface area contributed by atoms with E-state index >= 15 is 0 Å². The molecule has 0 saturated carbocycles. The number of hydrogen-bond acceptors (Lipinski definition) is 15. The van der Waals surface area contributed by atoms with Gasteiger partial charge in [-0.25, -0.2) is 4.79 Å². The molecule has 0 fully saturated rings. The standard InChI is InChI=1S/C77H111N13O15/c1-13-47(11)64(79)74(101)80-42-63(93)89-65(46(9)10)75(102)87-60(41-62(78)92)72(99)85-58(39-52-30-32-53(91)33-31-52)70(97)83-55(35-44(5)6)68(95)81-54(34-43(3)4)67(94)82-56(36-45(7)8)69(96)84-57(37-49-24-18-15-19-25-49)71(98)86-59(38-50-26-20-16-21-27-50)73(100)90-66(48(12)14-2)76(103)88-61(77(104)105)40-51-28-22-17-23-29-51/h15-33,43-48,54-61,64-66,91H,13-14,34-42,79H2,1-12H3,(H2,78,92)(H,80,101)(H,81,95)(H,82,94)(H,83,97)(H,84,96)(H,85,99)(H,86,98)(H,87,102)(H,88,103)(H,89,93)(H,90,100)(H,104,105)/t47-,48-,54-,55-,56-,57-,58-,59-,60-,61-,64-,65-,66-/m0/s1. The van der Waals surface area contributed by atoms with E-state index < -0.39 is 168 Å². The van der Waals surface area contributed by atoms with E-state index in [-0.39, 0.29) is 74.4 Å². The van der Waals surface area contributed by atoms with Gasteiger partial charge in [-0.05, 0) is 89.2 Å². The van der Waals surface area contributed by atoms with Crippen LogP contribution < -0.4 is 70.0 Å². The molecule has 28 heteroatoms. The Bertz CT molecular complexity index is 3530. The summed E-state index contributed by atoms with van der Waals surface area (Å²) in [6.07, 6.45) is -0.242. The van der Waals surface area contributed by atoms with E-state index in [1.807, 2.05) is 20.8 Å². The smallest absolute Gasteiger partial charge is 0.326 e. The minimum Gasteiger partial charge on any atom is -0.508 e. The Morgan fingerprint density at radius 2 is 0.676 bits per heavy atom. The monoisotopic (exact) mass is 1460 g/mol. The van der Waals surface area contributed by atoms with Crippen LogP contribution in [0.3, 0.4) is 0 Å². The summed E-state index contributed by atoms with van der Waals surface area (Å²) in [5, 5.41) is 49.8. The van der Waals surface area contributed by atoms with Crippen molar-refractivity contribution in [3.63, 3.8) is 0 Å². The van der Waals surface area contributed by atoms with Crippen molar-refractivity contribution in [1.82, 2.24) is 58.5 Å². The Morgan fingerprint density at radius 3 is 1.03 bits per heavy atom. The molecule has 0 aromatic heterocycles. The number of carbonyl (C=O) groups is 13. The molecular formula is C77H111N13O15. The lowest BCUT2D eigenvalue weighted by molar-refractivity contribution is -0.142. The largest absolute Gasteiger partial charge is 0.508 e. The number of amides is 12. The first-order valence-corrected chi connectivity index (χ1v) is 36.1. The zero-order chi connectivity index (χ0) is 78.2. The van der Waals surface area contributed by atoms with Crippen LogP contribution in [0.2, 0.25) is 0 Å². The van der Waals surface area contributed by atoms with Gasteiger partial charge in [0.15, 0.2) is 0 Å². The van der Waals surface area contributed by atoms with Crippen LogP contribution >= 0.6 is 0 Å². The van der Waals surface area contributed by atoms with Crippen molar-refractivity contribution in [2.24, 2.45) is 47.0 Å². The molecule has 0 spiro atoms. The second-order valence-electron chi connectivity index (χ2n) is 28.6. The lowest BCUT2D eigenvalue weighted by atomic mass is 9.96. The molecule has 0 unspecified atom stereocenters. The van der Waals surface area contributed by atoms with Gasteiger partial charge in [-0.3, -0.25) is 57.5 Å². The molecule has 0 radical (unpaired) electrons. The second kappa shape index (κ2) is 43.8. The van der Waals surface area contributed by atoms with Gasteiger partial charge in [0.2, 0.25) is 70.9 Å². The van der Waals surface area contributed by atoms with Crippen LogP contribution in [0.1, 0.15) is 144 Å². The first-order chi connectivity index (χ1) is 49.6. The van der Waals surface area contributed by atoms with Crippen molar-refractivity contribution in [3.05, 3.63) is 138 Å².